The summed E-state index contributed by atoms with van der Waals surface area (Å²) in [6.45, 7) is 3.88. The van der Waals surface area contributed by atoms with E-state index in [9.17, 15) is 13.2 Å². The highest BCUT2D eigenvalue weighted by atomic mass is 19.4. The summed E-state index contributed by atoms with van der Waals surface area (Å²) in [6, 6.07) is 11.5. The summed E-state index contributed by atoms with van der Waals surface area (Å²) >= 11 is 0. The molecule has 0 aromatic heterocycles. The topological polar surface area (TPSA) is 38.0 Å². The van der Waals surface area contributed by atoms with Crippen LogP contribution in [0.4, 0.5) is 24.5 Å². The zero-order valence-corrected chi connectivity index (χ0v) is 11.8. The van der Waals surface area contributed by atoms with Crippen LogP contribution in [0.25, 0.3) is 0 Å². The fraction of sp³-hybridized carbons (Fsp3) is 0.250. The molecule has 0 aliphatic heterocycles. The molecule has 0 aliphatic carbocycles. The Morgan fingerprint density at radius 1 is 1.10 bits per heavy atom. The zero-order valence-electron chi connectivity index (χ0n) is 11.8. The van der Waals surface area contributed by atoms with Gasteiger partial charge in [0, 0.05) is 17.4 Å². The second-order valence-corrected chi connectivity index (χ2v) is 5.02. The molecule has 0 bridgehead atoms. The molecule has 0 fully saturated rings. The molecule has 0 amide bonds. The SMILES string of the molecule is Cc1ccccc1C(C)Nc1ccc(N)c(C(F)(F)F)c1. The quantitative estimate of drug-likeness (QED) is 0.800. The van der Waals surface area contributed by atoms with Crippen LogP contribution in [0.1, 0.15) is 29.7 Å². The number of halogens is 3. The Hall–Kier alpha value is -2.17. The zero-order chi connectivity index (χ0) is 15.6. The van der Waals surface area contributed by atoms with Crippen LogP contribution in [-0.4, -0.2) is 0 Å². The van der Waals surface area contributed by atoms with E-state index in [4.69, 9.17) is 5.73 Å². The molecule has 0 radical (unpaired) electrons. The van der Waals surface area contributed by atoms with Gasteiger partial charge in [0.25, 0.3) is 0 Å². The van der Waals surface area contributed by atoms with E-state index in [1.165, 1.54) is 6.07 Å². The van der Waals surface area contributed by atoms with E-state index >= 15 is 0 Å². The fourth-order valence-corrected chi connectivity index (χ4v) is 2.29. The smallest absolute Gasteiger partial charge is 0.398 e. The van der Waals surface area contributed by atoms with Crippen LogP contribution in [-0.2, 0) is 6.18 Å². The molecule has 2 rings (SSSR count). The van der Waals surface area contributed by atoms with Crippen LogP contribution in [0.15, 0.2) is 42.5 Å². The molecule has 21 heavy (non-hydrogen) atoms. The summed E-state index contributed by atoms with van der Waals surface area (Å²) < 4.78 is 38.5. The van der Waals surface area contributed by atoms with Crippen LogP contribution in [0.5, 0.6) is 0 Å². The molecule has 0 heterocycles. The maximum Gasteiger partial charge on any atom is 0.418 e. The Labute approximate surface area is 121 Å². The van der Waals surface area contributed by atoms with Crippen molar-refractivity contribution in [3.8, 4) is 0 Å². The van der Waals surface area contributed by atoms with Crippen LogP contribution in [0.3, 0.4) is 0 Å². The number of nitrogens with one attached hydrogen (secondary N) is 1. The second-order valence-electron chi connectivity index (χ2n) is 5.02. The molecular weight excluding hydrogens is 277 g/mol. The highest BCUT2D eigenvalue weighted by molar-refractivity contribution is 5.59. The summed E-state index contributed by atoms with van der Waals surface area (Å²) in [5.74, 6) is 0. The molecule has 1 atom stereocenters. The standard InChI is InChI=1S/C16H17F3N2/c1-10-5-3-4-6-13(10)11(2)21-12-7-8-15(20)14(9-12)16(17,18)19/h3-9,11,21H,20H2,1-2H3. The number of hydrogen-bond acceptors (Lipinski definition) is 2. The Morgan fingerprint density at radius 3 is 2.38 bits per heavy atom. The first-order valence-electron chi connectivity index (χ1n) is 6.58. The van der Waals surface area contributed by atoms with Gasteiger partial charge in [-0.2, -0.15) is 13.2 Å². The van der Waals surface area contributed by atoms with Crippen LogP contribution >= 0.6 is 0 Å². The Morgan fingerprint density at radius 2 is 1.76 bits per heavy atom. The van der Waals surface area contributed by atoms with Crippen molar-refractivity contribution >= 4 is 11.4 Å². The minimum atomic E-state index is -4.45. The van der Waals surface area contributed by atoms with E-state index in [2.05, 4.69) is 5.32 Å². The van der Waals surface area contributed by atoms with Gasteiger partial charge in [-0.3, -0.25) is 0 Å². The molecule has 0 saturated carbocycles. The molecule has 0 aliphatic rings. The predicted octanol–water partition coefficient (Wildman–Crippen LogP) is 4.77. The minimum Gasteiger partial charge on any atom is -0.398 e. The van der Waals surface area contributed by atoms with Crippen molar-refractivity contribution in [3.05, 3.63) is 59.2 Å². The lowest BCUT2D eigenvalue weighted by Crippen LogP contribution is -2.12. The highest BCUT2D eigenvalue weighted by Crippen LogP contribution is 2.35. The Bertz CT molecular complexity index is 636. The van der Waals surface area contributed by atoms with Gasteiger partial charge in [0.2, 0.25) is 0 Å². The van der Waals surface area contributed by atoms with Crippen molar-refractivity contribution in [2.24, 2.45) is 0 Å². The van der Waals surface area contributed by atoms with E-state index in [-0.39, 0.29) is 11.7 Å². The molecule has 3 N–H and O–H groups in total. The third-order valence-corrected chi connectivity index (χ3v) is 3.40. The lowest BCUT2D eigenvalue weighted by molar-refractivity contribution is -0.136. The second kappa shape index (κ2) is 5.68. The lowest BCUT2D eigenvalue weighted by Gasteiger charge is -2.19. The first-order chi connectivity index (χ1) is 9.79. The number of hydrogen-bond donors (Lipinski definition) is 2. The highest BCUT2D eigenvalue weighted by Gasteiger charge is 2.33. The van der Waals surface area contributed by atoms with Crippen molar-refractivity contribution in [2.75, 3.05) is 11.1 Å². The van der Waals surface area contributed by atoms with E-state index in [0.717, 1.165) is 17.2 Å². The first-order valence-corrected chi connectivity index (χ1v) is 6.58. The van der Waals surface area contributed by atoms with E-state index in [0.29, 0.717) is 5.69 Å². The molecule has 2 aromatic rings. The van der Waals surface area contributed by atoms with Crippen LogP contribution in [0.2, 0.25) is 0 Å². The molecular formula is C16H17F3N2. The maximum absolute atomic E-state index is 12.8. The van der Waals surface area contributed by atoms with Gasteiger partial charge in [-0.25, -0.2) is 0 Å². The van der Waals surface area contributed by atoms with Crippen molar-refractivity contribution < 1.29 is 13.2 Å². The average molecular weight is 294 g/mol. The predicted molar refractivity (Wildman–Crippen MR) is 79.1 cm³/mol. The molecule has 2 aromatic carbocycles. The number of anilines is 2. The first kappa shape index (κ1) is 15.2. The average Bonchev–Trinajstić information content (AvgIpc) is 2.40. The van der Waals surface area contributed by atoms with Gasteiger partial charge in [0.05, 0.1) is 5.56 Å². The number of benzene rings is 2. The van der Waals surface area contributed by atoms with Crippen molar-refractivity contribution in [1.82, 2.24) is 0 Å². The van der Waals surface area contributed by atoms with Gasteiger partial charge in [-0.05, 0) is 43.2 Å². The van der Waals surface area contributed by atoms with Gasteiger partial charge >= 0.3 is 6.18 Å². The van der Waals surface area contributed by atoms with E-state index in [1.54, 1.807) is 6.07 Å². The fourth-order valence-electron chi connectivity index (χ4n) is 2.29. The molecule has 5 heteroatoms. The molecule has 1 unspecified atom stereocenters. The Kier molecular flexibility index (Phi) is 4.11. The summed E-state index contributed by atoms with van der Waals surface area (Å²) in [5, 5.41) is 3.08. The third kappa shape index (κ3) is 3.48. The number of alkyl halides is 3. The maximum atomic E-state index is 12.8. The van der Waals surface area contributed by atoms with Gasteiger partial charge in [0.1, 0.15) is 0 Å². The third-order valence-electron chi connectivity index (χ3n) is 3.40. The number of rotatable bonds is 3. The number of aryl methyl sites for hydroxylation is 1. The summed E-state index contributed by atoms with van der Waals surface area (Å²) in [5.41, 5.74) is 6.84. The Balaban J connectivity index is 2.26. The van der Waals surface area contributed by atoms with Gasteiger partial charge < -0.3 is 11.1 Å². The summed E-state index contributed by atoms with van der Waals surface area (Å²) in [7, 11) is 0. The molecule has 2 nitrogen and oxygen atoms in total. The largest absolute Gasteiger partial charge is 0.418 e. The van der Waals surface area contributed by atoms with E-state index < -0.39 is 11.7 Å². The summed E-state index contributed by atoms with van der Waals surface area (Å²) in [6.07, 6.45) is -4.45. The summed E-state index contributed by atoms with van der Waals surface area (Å²) in [4.78, 5) is 0. The number of nitrogen functional groups attached to an aromatic ring is 1. The number of nitrogens with two attached hydrogens (primary N) is 1. The van der Waals surface area contributed by atoms with E-state index in [1.807, 2.05) is 38.1 Å². The van der Waals surface area contributed by atoms with Crippen LogP contribution < -0.4 is 11.1 Å². The van der Waals surface area contributed by atoms with Gasteiger partial charge in [-0.15, -0.1) is 0 Å². The molecule has 112 valence electrons. The monoisotopic (exact) mass is 294 g/mol. The molecule has 0 spiro atoms. The van der Waals surface area contributed by atoms with Crippen molar-refractivity contribution in [1.29, 1.82) is 0 Å². The lowest BCUT2D eigenvalue weighted by atomic mass is 10.0. The van der Waals surface area contributed by atoms with Gasteiger partial charge in [0.15, 0.2) is 0 Å². The molecule has 0 saturated heterocycles. The van der Waals surface area contributed by atoms with Crippen molar-refractivity contribution in [2.45, 2.75) is 26.1 Å². The normalized spacial score (nSPS) is 13.0. The van der Waals surface area contributed by atoms with Crippen molar-refractivity contribution in [3.63, 3.8) is 0 Å². The van der Waals surface area contributed by atoms with Crippen LogP contribution in [0, 0.1) is 6.92 Å². The minimum absolute atomic E-state index is 0.101. The van der Waals surface area contributed by atoms with Gasteiger partial charge in [-0.1, -0.05) is 24.3 Å².